The summed E-state index contributed by atoms with van der Waals surface area (Å²) in [4.78, 5) is 26.4. The maximum atomic E-state index is 12.2. The first-order chi connectivity index (χ1) is 14.0. The van der Waals surface area contributed by atoms with Crippen LogP contribution in [0.1, 0.15) is 35.3 Å². The standard InChI is InChI=1S/C21H22ClN3O3S/c1-2-28-20(27)16-9-15(6-7-17(16)22)23-21(29)24-10-13-8-14(12-24)18-4-3-5-19(26)25(18)11-13/h3-7,9,13-14H,2,8,10-12H2,1H3,(H,23,29)/t13-,14+/m1/s1. The molecule has 1 aromatic carbocycles. The zero-order chi connectivity index (χ0) is 20.5. The van der Waals surface area contributed by atoms with Gasteiger partial charge in [0, 0.05) is 43.0 Å². The van der Waals surface area contributed by atoms with Crippen molar-refractivity contribution in [1.82, 2.24) is 9.47 Å². The van der Waals surface area contributed by atoms with Crippen LogP contribution in [0.2, 0.25) is 5.02 Å². The third kappa shape index (κ3) is 4.02. The number of hydrogen-bond donors (Lipinski definition) is 1. The lowest BCUT2D eigenvalue weighted by Gasteiger charge is -2.43. The third-order valence-corrected chi connectivity index (χ3v) is 6.17. The van der Waals surface area contributed by atoms with Crippen LogP contribution in [0.5, 0.6) is 0 Å². The molecule has 0 spiro atoms. The van der Waals surface area contributed by atoms with Crippen molar-refractivity contribution < 1.29 is 9.53 Å². The van der Waals surface area contributed by atoms with E-state index in [0.717, 1.165) is 31.7 Å². The van der Waals surface area contributed by atoms with Gasteiger partial charge in [-0.05, 0) is 55.7 Å². The van der Waals surface area contributed by atoms with Gasteiger partial charge in [0.25, 0.3) is 5.56 Å². The monoisotopic (exact) mass is 431 g/mol. The molecule has 2 bridgehead atoms. The molecule has 2 aliphatic heterocycles. The van der Waals surface area contributed by atoms with Crippen molar-refractivity contribution in [2.45, 2.75) is 25.8 Å². The van der Waals surface area contributed by atoms with Crippen molar-refractivity contribution in [2.24, 2.45) is 5.92 Å². The summed E-state index contributed by atoms with van der Waals surface area (Å²) in [5, 5.41) is 4.17. The fourth-order valence-electron chi connectivity index (χ4n) is 4.23. The van der Waals surface area contributed by atoms with Gasteiger partial charge in [-0.25, -0.2) is 4.79 Å². The van der Waals surface area contributed by atoms with Crippen molar-refractivity contribution in [2.75, 3.05) is 25.0 Å². The normalized spacial score (nSPS) is 20.0. The van der Waals surface area contributed by atoms with Gasteiger partial charge < -0.3 is 19.5 Å². The number of rotatable bonds is 3. The van der Waals surface area contributed by atoms with Gasteiger partial charge in [-0.1, -0.05) is 17.7 Å². The van der Waals surface area contributed by atoms with Crippen LogP contribution in [0, 0.1) is 5.92 Å². The number of esters is 1. The van der Waals surface area contributed by atoms with Crippen LogP contribution in [-0.2, 0) is 11.3 Å². The average Bonchev–Trinajstić information content (AvgIpc) is 2.70. The van der Waals surface area contributed by atoms with Gasteiger partial charge in [0.1, 0.15) is 0 Å². The molecule has 3 heterocycles. The van der Waals surface area contributed by atoms with Crippen LogP contribution < -0.4 is 10.9 Å². The number of fused-ring (bicyclic) bond motifs is 4. The van der Waals surface area contributed by atoms with Crippen molar-refractivity contribution in [1.29, 1.82) is 0 Å². The lowest BCUT2D eigenvalue weighted by molar-refractivity contribution is 0.0526. The Balaban J connectivity index is 1.50. The highest BCUT2D eigenvalue weighted by Crippen LogP contribution is 2.35. The van der Waals surface area contributed by atoms with Crippen LogP contribution in [0.3, 0.4) is 0 Å². The van der Waals surface area contributed by atoms with Crippen LogP contribution in [0.15, 0.2) is 41.2 Å². The summed E-state index contributed by atoms with van der Waals surface area (Å²) < 4.78 is 6.96. The summed E-state index contributed by atoms with van der Waals surface area (Å²) in [5.74, 6) is 0.194. The number of aromatic nitrogens is 1. The number of benzene rings is 1. The smallest absolute Gasteiger partial charge is 0.339 e. The summed E-state index contributed by atoms with van der Waals surface area (Å²) in [5.41, 5.74) is 2.15. The molecule has 0 aliphatic carbocycles. The van der Waals surface area contributed by atoms with Crippen LogP contribution in [-0.4, -0.2) is 40.2 Å². The van der Waals surface area contributed by atoms with Crippen molar-refractivity contribution in [3.05, 3.63) is 63.0 Å². The predicted octanol–water partition coefficient (Wildman–Crippen LogP) is 3.49. The number of anilines is 1. The number of thiocarbonyl (C=S) groups is 1. The molecular weight excluding hydrogens is 410 g/mol. The first-order valence-electron chi connectivity index (χ1n) is 9.68. The number of likely N-dealkylation sites (tertiary alicyclic amines) is 1. The van der Waals surface area contributed by atoms with Crippen LogP contribution in [0.4, 0.5) is 5.69 Å². The number of carbonyl (C=O) groups excluding carboxylic acids is 1. The number of ether oxygens (including phenoxy) is 1. The van der Waals surface area contributed by atoms with E-state index in [1.54, 1.807) is 31.2 Å². The second-order valence-corrected chi connectivity index (χ2v) is 8.24. The highest BCUT2D eigenvalue weighted by atomic mass is 35.5. The quantitative estimate of drug-likeness (QED) is 0.592. The molecule has 0 saturated carbocycles. The van der Waals surface area contributed by atoms with E-state index in [9.17, 15) is 9.59 Å². The molecule has 1 aromatic heterocycles. The van der Waals surface area contributed by atoms with Gasteiger partial charge in [0.15, 0.2) is 5.11 Å². The molecule has 0 unspecified atom stereocenters. The summed E-state index contributed by atoms with van der Waals surface area (Å²) in [6.07, 6.45) is 1.07. The molecule has 1 fully saturated rings. The maximum Gasteiger partial charge on any atom is 0.339 e. The topological polar surface area (TPSA) is 63.6 Å². The van der Waals surface area contributed by atoms with E-state index in [4.69, 9.17) is 28.6 Å². The molecule has 4 rings (SSSR count). The number of piperidine rings is 1. The molecule has 2 aliphatic rings. The second kappa shape index (κ2) is 8.16. The van der Waals surface area contributed by atoms with E-state index in [-0.39, 0.29) is 18.1 Å². The van der Waals surface area contributed by atoms with Crippen LogP contribution >= 0.6 is 23.8 Å². The zero-order valence-corrected chi connectivity index (χ0v) is 17.6. The Morgan fingerprint density at radius 3 is 2.90 bits per heavy atom. The Morgan fingerprint density at radius 2 is 2.10 bits per heavy atom. The molecule has 0 radical (unpaired) electrons. The average molecular weight is 432 g/mol. The molecule has 152 valence electrons. The van der Waals surface area contributed by atoms with E-state index < -0.39 is 5.97 Å². The highest BCUT2D eigenvalue weighted by Gasteiger charge is 2.35. The molecule has 2 atom stereocenters. The number of nitrogens with one attached hydrogen (secondary N) is 1. The fraction of sp³-hybridized carbons (Fsp3) is 0.381. The van der Waals surface area contributed by atoms with Crippen molar-refractivity contribution >= 4 is 40.6 Å². The number of carbonyl (C=O) groups is 1. The SMILES string of the molecule is CCOC(=O)c1cc(NC(=S)N2C[C@H]3C[C@@H](C2)c2cccc(=O)n2C3)ccc1Cl. The number of halogens is 1. The molecule has 8 heteroatoms. The Bertz CT molecular complexity index is 1020. The number of pyridine rings is 1. The summed E-state index contributed by atoms with van der Waals surface area (Å²) >= 11 is 11.8. The molecule has 29 heavy (non-hydrogen) atoms. The lowest BCUT2D eigenvalue weighted by Crippen LogP contribution is -2.50. The van der Waals surface area contributed by atoms with Gasteiger partial charge in [0.2, 0.25) is 0 Å². The fourth-order valence-corrected chi connectivity index (χ4v) is 4.69. The molecule has 2 aromatic rings. The summed E-state index contributed by atoms with van der Waals surface area (Å²) in [6.45, 7) is 4.30. The van der Waals surface area contributed by atoms with Crippen molar-refractivity contribution in [3.8, 4) is 0 Å². The molecule has 1 N–H and O–H groups in total. The minimum atomic E-state index is -0.457. The van der Waals surface area contributed by atoms with E-state index in [1.807, 2.05) is 16.7 Å². The minimum Gasteiger partial charge on any atom is -0.462 e. The lowest BCUT2D eigenvalue weighted by atomic mass is 9.83. The van der Waals surface area contributed by atoms with E-state index in [0.29, 0.717) is 27.3 Å². The van der Waals surface area contributed by atoms with E-state index >= 15 is 0 Å². The highest BCUT2D eigenvalue weighted by molar-refractivity contribution is 7.80. The largest absolute Gasteiger partial charge is 0.462 e. The Morgan fingerprint density at radius 1 is 1.28 bits per heavy atom. The first-order valence-corrected chi connectivity index (χ1v) is 10.5. The van der Waals surface area contributed by atoms with Gasteiger partial charge in [0.05, 0.1) is 17.2 Å². The molecule has 6 nitrogen and oxygen atoms in total. The minimum absolute atomic E-state index is 0.0685. The van der Waals surface area contributed by atoms with Gasteiger partial charge in [-0.2, -0.15) is 0 Å². The number of hydrogen-bond acceptors (Lipinski definition) is 4. The van der Waals surface area contributed by atoms with E-state index in [1.165, 1.54) is 0 Å². The summed E-state index contributed by atoms with van der Waals surface area (Å²) in [6, 6.07) is 10.6. The van der Waals surface area contributed by atoms with Gasteiger partial charge >= 0.3 is 5.97 Å². The van der Waals surface area contributed by atoms with Gasteiger partial charge in [-0.15, -0.1) is 0 Å². The predicted molar refractivity (Wildman–Crippen MR) is 117 cm³/mol. The number of nitrogens with zero attached hydrogens (tertiary/aromatic N) is 2. The Kier molecular flexibility index (Phi) is 5.61. The molecule has 1 saturated heterocycles. The second-order valence-electron chi connectivity index (χ2n) is 7.45. The zero-order valence-electron chi connectivity index (χ0n) is 16.1. The summed E-state index contributed by atoms with van der Waals surface area (Å²) in [7, 11) is 0. The molecular formula is C21H22ClN3O3S. The molecule has 0 amide bonds. The maximum absolute atomic E-state index is 12.2. The third-order valence-electron chi connectivity index (χ3n) is 5.48. The van der Waals surface area contributed by atoms with Crippen LogP contribution in [0.25, 0.3) is 0 Å². The Hall–Kier alpha value is -2.38. The van der Waals surface area contributed by atoms with Crippen molar-refractivity contribution in [3.63, 3.8) is 0 Å². The Labute approximate surface area is 179 Å². The van der Waals surface area contributed by atoms with E-state index in [2.05, 4.69) is 10.2 Å². The first kappa shape index (κ1) is 19.9. The van der Waals surface area contributed by atoms with Gasteiger partial charge in [-0.3, -0.25) is 4.79 Å².